The number of benzene rings is 1. The van der Waals surface area contributed by atoms with Crippen LogP contribution in [-0.4, -0.2) is 21.5 Å². The second kappa shape index (κ2) is 3.61. The third-order valence-corrected chi connectivity index (χ3v) is 1.81. The summed E-state index contributed by atoms with van der Waals surface area (Å²) in [6.07, 6.45) is 0. The van der Waals surface area contributed by atoms with Crippen LogP contribution in [0.25, 0.3) is 0 Å². The molecule has 0 atom stereocenters. The molecule has 45 valence electrons. The molecule has 0 saturated carbocycles. The number of rotatable bonds is 2. The zero-order chi connectivity index (χ0) is 6.53. The fourth-order valence-electron chi connectivity index (χ4n) is 0.537. The molecule has 0 aliphatic rings. The number of hydrogen-bond donors (Lipinski definition) is 0. The molecule has 1 rings (SSSR count). The standard InChI is InChI=1S/C6H6O.O.Sn/c7-6-4-2-1-3-5-6;;/h1-5,7H;;/q;;+1/p-1. The van der Waals surface area contributed by atoms with Gasteiger partial charge in [-0.2, -0.15) is 0 Å². The topological polar surface area (TPSA) is 26.3 Å². The van der Waals surface area contributed by atoms with E-state index in [9.17, 15) is 3.08 Å². The van der Waals surface area contributed by atoms with Crippen LogP contribution in [0.15, 0.2) is 30.3 Å². The van der Waals surface area contributed by atoms with Crippen molar-refractivity contribution in [1.82, 2.24) is 0 Å². The second-order valence-electron chi connectivity index (χ2n) is 1.50. The first-order valence-electron chi connectivity index (χ1n) is 2.52. The van der Waals surface area contributed by atoms with E-state index in [1.54, 1.807) is 12.1 Å². The van der Waals surface area contributed by atoms with Crippen molar-refractivity contribution < 1.29 is 6.15 Å². The molecule has 1 aromatic rings. The first kappa shape index (κ1) is 6.73. The summed E-state index contributed by atoms with van der Waals surface area (Å²) in [6.45, 7) is 0. The Kier molecular flexibility index (Phi) is 2.70. The Morgan fingerprint density at radius 3 is 2.44 bits per heavy atom. The van der Waals surface area contributed by atoms with Gasteiger partial charge in [0.25, 0.3) is 0 Å². The van der Waals surface area contributed by atoms with Crippen molar-refractivity contribution in [2.24, 2.45) is 0 Å². The normalized spacial score (nSPS) is 8.44. The van der Waals surface area contributed by atoms with E-state index in [1.807, 2.05) is 18.2 Å². The summed E-state index contributed by atoms with van der Waals surface area (Å²) in [6, 6.07) is 9.18. The fourth-order valence-corrected chi connectivity index (χ4v) is 1.20. The van der Waals surface area contributed by atoms with Crippen molar-refractivity contribution in [3.63, 3.8) is 0 Å². The van der Waals surface area contributed by atoms with Crippen LogP contribution < -0.4 is 3.07 Å². The number of hydrogen-bond acceptors (Lipinski definition) is 2. The van der Waals surface area contributed by atoms with Crippen LogP contribution in [0.1, 0.15) is 0 Å². The average Bonchev–Trinajstić information content (AvgIpc) is 1.91. The van der Waals surface area contributed by atoms with E-state index in [0.29, 0.717) is 5.75 Å². The van der Waals surface area contributed by atoms with Gasteiger partial charge in [-0.1, -0.05) is 0 Å². The zero-order valence-corrected chi connectivity index (χ0v) is 7.56. The summed E-state index contributed by atoms with van der Waals surface area (Å²) >= 11 is -1.76. The molecule has 1 radical (unpaired) electrons. The monoisotopic (exact) mass is 229 g/mol. The van der Waals surface area contributed by atoms with Gasteiger partial charge in [-0.05, 0) is 0 Å². The molecular weight excluding hydrogens is 223 g/mol. The van der Waals surface area contributed by atoms with Gasteiger partial charge in [0.1, 0.15) is 0 Å². The van der Waals surface area contributed by atoms with Gasteiger partial charge in [-0.3, -0.25) is 0 Å². The molecule has 0 aliphatic heterocycles. The van der Waals surface area contributed by atoms with Crippen LogP contribution in [0, 0.1) is 0 Å². The second-order valence-corrected chi connectivity index (χ2v) is 2.56. The van der Waals surface area contributed by atoms with Crippen LogP contribution in [0.3, 0.4) is 0 Å². The summed E-state index contributed by atoms with van der Waals surface area (Å²) in [7, 11) is 0. The van der Waals surface area contributed by atoms with Crippen LogP contribution >= 0.6 is 0 Å². The van der Waals surface area contributed by atoms with E-state index < -0.39 is 21.5 Å². The van der Waals surface area contributed by atoms with Gasteiger partial charge in [0.2, 0.25) is 0 Å². The van der Waals surface area contributed by atoms with Gasteiger partial charge in [0.15, 0.2) is 0 Å². The first-order valence-corrected chi connectivity index (χ1v) is 4.85. The van der Waals surface area contributed by atoms with Crippen LogP contribution in [0.5, 0.6) is 5.75 Å². The molecule has 0 unspecified atom stereocenters. The molecule has 0 amide bonds. The molecule has 0 saturated heterocycles. The Labute approximate surface area is 64.0 Å². The summed E-state index contributed by atoms with van der Waals surface area (Å²) in [5.74, 6) is 0.708. The van der Waals surface area contributed by atoms with Crippen molar-refractivity contribution in [2.75, 3.05) is 0 Å². The molecule has 1 aromatic carbocycles. The molecule has 0 aromatic heterocycles. The van der Waals surface area contributed by atoms with E-state index in [0.717, 1.165) is 0 Å². The molecule has 0 aliphatic carbocycles. The van der Waals surface area contributed by atoms with Gasteiger partial charge < -0.3 is 0 Å². The maximum absolute atomic E-state index is 10.0. The maximum atomic E-state index is 10.0. The molecule has 0 spiro atoms. The average molecular weight is 228 g/mol. The van der Waals surface area contributed by atoms with E-state index in [2.05, 4.69) is 0 Å². The Hall–Kier alpha value is -0.381. The third-order valence-electron chi connectivity index (χ3n) is 0.903. The van der Waals surface area contributed by atoms with Gasteiger partial charge >= 0.3 is 63.8 Å². The van der Waals surface area contributed by atoms with Crippen molar-refractivity contribution in [3.8, 4) is 5.75 Å². The van der Waals surface area contributed by atoms with Gasteiger partial charge in [-0.25, -0.2) is 0 Å². The van der Waals surface area contributed by atoms with Crippen molar-refractivity contribution in [2.45, 2.75) is 0 Å². The van der Waals surface area contributed by atoms with Crippen molar-refractivity contribution >= 4 is 21.5 Å². The van der Waals surface area contributed by atoms with E-state index in [4.69, 9.17) is 3.07 Å². The van der Waals surface area contributed by atoms with Crippen LogP contribution in [-0.2, 0) is 3.08 Å². The Morgan fingerprint density at radius 1 is 1.22 bits per heavy atom. The molecule has 9 heavy (non-hydrogen) atoms. The van der Waals surface area contributed by atoms with Crippen LogP contribution in [0.4, 0.5) is 0 Å². The molecule has 0 N–H and O–H groups in total. The Bertz CT molecular complexity index is 186. The molecule has 3 heteroatoms. The third kappa shape index (κ3) is 2.13. The summed E-state index contributed by atoms with van der Waals surface area (Å²) in [5, 5.41) is 0. The summed E-state index contributed by atoms with van der Waals surface area (Å²) in [4.78, 5) is 0. The molecular formula is C6H5O2Sn. The van der Waals surface area contributed by atoms with E-state index in [-0.39, 0.29) is 0 Å². The van der Waals surface area contributed by atoms with E-state index >= 15 is 0 Å². The molecule has 0 bridgehead atoms. The molecule has 2 nitrogen and oxygen atoms in total. The number of para-hydroxylation sites is 1. The van der Waals surface area contributed by atoms with Crippen molar-refractivity contribution in [1.29, 1.82) is 0 Å². The summed E-state index contributed by atoms with van der Waals surface area (Å²) in [5.41, 5.74) is 0. The minimum absolute atomic E-state index is 0.708. The Balaban J connectivity index is 2.72. The van der Waals surface area contributed by atoms with Gasteiger partial charge in [0, 0.05) is 0 Å². The first-order chi connectivity index (χ1) is 4.43. The SMILES string of the molecule is [O]=[Sn][O]c1ccccc1. The van der Waals surface area contributed by atoms with Gasteiger partial charge in [0.05, 0.1) is 0 Å². The quantitative estimate of drug-likeness (QED) is 0.706. The van der Waals surface area contributed by atoms with Crippen molar-refractivity contribution in [3.05, 3.63) is 30.3 Å². The molecule has 0 fully saturated rings. The van der Waals surface area contributed by atoms with Crippen LogP contribution in [0.2, 0.25) is 0 Å². The summed E-state index contributed by atoms with van der Waals surface area (Å²) < 4.78 is 14.9. The van der Waals surface area contributed by atoms with Gasteiger partial charge in [-0.15, -0.1) is 0 Å². The predicted molar refractivity (Wildman–Crippen MR) is 33.5 cm³/mol. The minimum atomic E-state index is -1.76. The van der Waals surface area contributed by atoms with E-state index in [1.165, 1.54) is 0 Å². The molecule has 0 heterocycles. The predicted octanol–water partition coefficient (Wildman–Crippen LogP) is 1.03. The Morgan fingerprint density at radius 2 is 1.89 bits per heavy atom. The fraction of sp³-hybridized carbons (Fsp3) is 0. The zero-order valence-electron chi connectivity index (χ0n) is 4.70.